The van der Waals surface area contributed by atoms with E-state index in [1.165, 1.54) is 0 Å². The Kier molecular flexibility index (Phi) is 4.62. The van der Waals surface area contributed by atoms with Crippen molar-refractivity contribution in [1.29, 1.82) is 0 Å². The zero-order chi connectivity index (χ0) is 14.8. The van der Waals surface area contributed by atoms with Crippen molar-refractivity contribution in [2.45, 2.75) is 45.4 Å². The molecule has 0 spiro atoms. The molecule has 5 heteroatoms. The maximum atomic E-state index is 10.4. The number of ether oxygens (including phenoxy) is 2. The van der Waals surface area contributed by atoms with Crippen molar-refractivity contribution >= 4 is 0 Å². The average Bonchev–Trinajstić information content (AvgIpc) is 2.73. The van der Waals surface area contributed by atoms with Gasteiger partial charge in [0, 0.05) is 43.4 Å². The number of rotatable bonds is 5. The number of nitrogens with zero attached hydrogens (tertiary/aromatic N) is 1. The molecule has 0 radical (unpaired) electrons. The number of hydrogen-bond donors (Lipinski definition) is 2. The van der Waals surface area contributed by atoms with Crippen LogP contribution in [0.25, 0.3) is 0 Å². The Morgan fingerprint density at radius 1 is 1.55 bits per heavy atom. The van der Waals surface area contributed by atoms with Gasteiger partial charge in [-0.1, -0.05) is 0 Å². The standard InChI is InChI=1S/C15H24N2O3/c1-10-7-17-13(11(2)14(10)19-4)8-16-9-15(18)5-6-20-12(15)3/h7,12,16,18H,5-6,8-9H2,1-4H3. The Labute approximate surface area is 120 Å². The lowest BCUT2D eigenvalue weighted by molar-refractivity contribution is -0.0263. The van der Waals surface area contributed by atoms with E-state index in [2.05, 4.69) is 10.3 Å². The Balaban J connectivity index is 1.98. The molecule has 112 valence electrons. The first-order valence-electron chi connectivity index (χ1n) is 7.01. The molecular formula is C15H24N2O3. The second-order valence-electron chi connectivity index (χ2n) is 5.52. The van der Waals surface area contributed by atoms with Crippen molar-refractivity contribution in [2.24, 2.45) is 0 Å². The van der Waals surface area contributed by atoms with E-state index in [9.17, 15) is 5.11 Å². The maximum absolute atomic E-state index is 10.4. The Morgan fingerprint density at radius 3 is 2.90 bits per heavy atom. The quantitative estimate of drug-likeness (QED) is 0.852. The van der Waals surface area contributed by atoms with Crippen LogP contribution >= 0.6 is 0 Å². The predicted octanol–water partition coefficient (Wildman–Crippen LogP) is 1.34. The summed E-state index contributed by atoms with van der Waals surface area (Å²) in [5.74, 6) is 0.882. The van der Waals surface area contributed by atoms with E-state index in [1.54, 1.807) is 7.11 Å². The fourth-order valence-corrected chi connectivity index (χ4v) is 2.65. The normalized spacial score (nSPS) is 25.9. The van der Waals surface area contributed by atoms with Gasteiger partial charge in [-0.25, -0.2) is 0 Å². The van der Waals surface area contributed by atoms with E-state index >= 15 is 0 Å². The SMILES string of the molecule is COc1c(C)cnc(CNCC2(O)CCOC2C)c1C. The molecule has 0 aliphatic carbocycles. The lowest BCUT2D eigenvalue weighted by atomic mass is 9.96. The summed E-state index contributed by atoms with van der Waals surface area (Å²) >= 11 is 0. The molecule has 2 N–H and O–H groups in total. The maximum Gasteiger partial charge on any atom is 0.128 e. The van der Waals surface area contributed by atoms with Crippen molar-refractivity contribution in [2.75, 3.05) is 20.3 Å². The number of methoxy groups -OCH3 is 1. The van der Waals surface area contributed by atoms with Crippen molar-refractivity contribution in [1.82, 2.24) is 10.3 Å². The van der Waals surface area contributed by atoms with Gasteiger partial charge in [-0.05, 0) is 20.8 Å². The average molecular weight is 280 g/mol. The first-order chi connectivity index (χ1) is 9.48. The van der Waals surface area contributed by atoms with Crippen LogP contribution in [-0.2, 0) is 11.3 Å². The highest BCUT2D eigenvalue weighted by Gasteiger charge is 2.39. The molecule has 1 fully saturated rings. The number of pyridine rings is 1. The molecule has 1 aromatic rings. The minimum atomic E-state index is -0.775. The van der Waals surface area contributed by atoms with Gasteiger partial charge < -0.3 is 19.9 Å². The van der Waals surface area contributed by atoms with Crippen LogP contribution in [0.4, 0.5) is 0 Å². The minimum Gasteiger partial charge on any atom is -0.496 e. The second kappa shape index (κ2) is 6.08. The molecule has 1 saturated heterocycles. The van der Waals surface area contributed by atoms with Crippen LogP contribution in [0.2, 0.25) is 0 Å². The number of aryl methyl sites for hydroxylation is 1. The van der Waals surface area contributed by atoms with Gasteiger partial charge in [-0.2, -0.15) is 0 Å². The zero-order valence-corrected chi connectivity index (χ0v) is 12.7. The molecular weight excluding hydrogens is 256 g/mol. The van der Waals surface area contributed by atoms with Gasteiger partial charge in [0.05, 0.1) is 18.9 Å². The van der Waals surface area contributed by atoms with Gasteiger partial charge in [0.15, 0.2) is 0 Å². The van der Waals surface area contributed by atoms with Crippen LogP contribution in [-0.4, -0.2) is 42.1 Å². The fraction of sp³-hybridized carbons (Fsp3) is 0.667. The monoisotopic (exact) mass is 280 g/mol. The lowest BCUT2D eigenvalue weighted by Gasteiger charge is -2.26. The molecule has 20 heavy (non-hydrogen) atoms. The Hall–Kier alpha value is -1.17. The fourth-order valence-electron chi connectivity index (χ4n) is 2.65. The van der Waals surface area contributed by atoms with Crippen LogP contribution in [0.1, 0.15) is 30.2 Å². The van der Waals surface area contributed by atoms with Gasteiger partial charge in [0.25, 0.3) is 0 Å². The second-order valence-corrected chi connectivity index (χ2v) is 5.52. The van der Waals surface area contributed by atoms with E-state index in [4.69, 9.17) is 9.47 Å². The van der Waals surface area contributed by atoms with E-state index in [-0.39, 0.29) is 6.10 Å². The summed E-state index contributed by atoms with van der Waals surface area (Å²) in [7, 11) is 1.67. The van der Waals surface area contributed by atoms with E-state index in [0.29, 0.717) is 26.1 Å². The van der Waals surface area contributed by atoms with Gasteiger partial charge in [0.1, 0.15) is 11.4 Å². The summed E-state index contributed by atoms with van der Waals surface area (Å²) in [6.45, 7) is 7.63. The predicted molar refractivity (Wildman–Crippen MR) is 77.0 cm³/mol. The summed E-state index contributed by atoms with van der Waals surface area (Å²) in [6, 6.07) is 0. The highest BCUT2D eigenvalue weighted by atomic mass is 16.5. The third kappa shape index (κ3) is 2.95. The number of hydrogen-bond acceptors (Lipinski definition) is 5. The zero-order valence-electron chi connectivity index (χ0n) is 12.7. The van der Waals surface area contributed by atoms with Gasteiger partial charge in [0.2, 0.25) is 0 Å². The molecule has 1 aliphatic rings. The molecule has 1 aliphatic heterocycles. The summed E-state index contributed by atoms with van der Waals surface area (Å²) in [5, 5.41) is 13.7. The molecule has 0 bridgehead atoms. The molecule has 2 rings (SSSR count). The van der Waals surface area contributed by atoms with Crippen LogP contribution < -0.4 is 10.1 Å². The first kappa shape index (κ1) is 15.2. The van der Waals surface area contributed by atoms with E-state index < -0.39 is 5.60 Å². The number of aromatic nitrogens is 1. The molecule has 2 atom stereocenters. The largest absolute Gasteiger partial charge is 0.496 e. The van der Waals surface area contributed by atoms with E-state index in [1.807, 2.05) is 27.0 Å². The molecule has 1 aromatic heterocycles. The molecule has 0 aromatic carbocycles. The first-order valence-corrected chi connectivity index (χ1v) is 7.01. The summed E-state index contributed by atoms with van der Waals surface area (Å²) < 4.78 is 10.8. The minimum absolute atomic E-state index is 0.128. The third-order valence-corrected chi connectivity index (χ3v) is 4.13. The highest BCUT2D eigenvalue weighted by Crippen LogP contribution is 2.26. The van der Waals surface area contributed by atoms with Crippen LogP contribution in [0, 0.1) is 13.8 Å². The van der Waals surface area contributed by atoms with Crippen molar-refractivity contribution < 1.29 is 14.6 Å². The molecule has 5 nitrogen and oxygen atoms in total. The molecule has 0 saturated carbocycles. The molecule has 0 amide bonds. The van der Waals surface area contributed by atoms with E-state index in [0.717, 1.165) is 22.6 Å². The molecule has 2 heterocycles. The van der Waals surface area contributed by atoms with Gasteiger partial charge >= 0.3 is 0 Å². The van der Waals surface area contributed by atoms with Crippen molar-refractivity contribution in [3.05, 3.63) is 23.0 Å². The van der Waals surface area contributed by atoms with Crippen molar-refractivity contribution in [3.63, 3.8) is 0 Å². The summed E-state index contributed by atoms with van der Waals surface area (Å²) in [5.41, 5.74) is 2.25. The molecule has 2 unspecified atom stereocenters. The smallest absolute Gasteiger partial charge is 0.128 e. The van der Waals surface area contributed by atoms with Crippen molar-refractivity contribution in [3.8, 4) is 5.75 Å². The summed E-state index contributed by atoms with van der Waals surface area (Å²) in [6.07, 6.45) is 2.36. The third-order valence-electron chi connectivity index (χ3n) is 4.13. The van der Waals surface area contributed by atoms with Gasteiger partial charge in [-0.15, -0.1) is 0 Å². The van der Waals surface area contributed by atoms with Gasteiger partial charge in [-0.3, -0.25) is 4.98 Å². The number of nitrogens with one attached hydrogen (secondary N) is 1. The lowest BCUT2D eigenvalue weighted by Crippen LogP contribution is -2.45. The topological polar surface area (TPSA) is 63.6 Å². The van der Waals surface area contributed by atoms with Crippen LogP contribution in [0.5, 0.6) is 5.75 Å². The summed E-state index contributed by atoms with van der Waals surface area (Å²) in [4.78, 5) is 4.44. The van der Waals surface area contributed by atoms with Crippen LogP contribution in [0.15, 0.2) is 6.20 Å². The van der Waals surface area contributed by atoms with Crippen LogP contribution in [0.3, 0.4) is 0 Å². The Bertz CT molecular complexity index is 478. The number of aliphatic hydroxyl groups is 1. The highest BCUT2D eigenvalue weighted by molar-refractivity contribution is 5.40. The Morgan fingerprint density at radius 2 is 2.30 bits per heavy atom.